The summed E-state index contributed by atoms with van der Waals surface area (Å²) in [5, 5.41) is 3.73. The van der Waals surface area contributed by atoms with Crippen molar-refractivity contribution in [1.29, 1.82) is 0 Å². The molecule has 2 fully saturated rings. The van der Waals surface area contributed by atoms with E-state index < -0.39 is 0 Å². The molecule has 0 radical (unpaired) electrons. The molecule has 1 heteroatoms. The van der Waals surface area contributed by atoms with E-state index in [4.69, 9.17) is 0 Å². The third-order valence-electron chi connectivity index (χ3n) is 5.13. The molecule has 1 nitrogen and oxygen atoms in total. The Morgan fingerprint density at radius 2 is 1.72 bits per heavy atom. The molecule has 0 spiro atoms. The van der Waals surface area contributed by atoms with Crippen molar-refractivity contribution in [1.82, 2.24) is 5.32 Å². The van der Waals surface area contributed by atoms with E-state index >= 15 is 0 Å². The van der Waals surface area contributed by atoms with Gasteiger partial charge in [-0.3, -0.25) is 0 Å². The first-order valence-corrected chi connectivity index (χ1v) is 8.27. The van der Waals surface area contributed by atoms with Crippen LogP contribution in [0, 0.1) is 35.5 Å². The van der Waals surface area contributed by atoms with Crippen LogP contribution in [0.5, 0.6) is 0 Å². The van der Waals surface area contributed by atoms with E-state index in [2.05, 4.69) is 33.0 Å². The molecule has 2 bridgehead atoms. The molecular weight excluding hydrogens is 218 g/mol. The van der Waals surface area contributed by atoms with Crippen LogP contribution in [0.2, 0.25) is 0 Å². The van der Waals surface area contributed by atoms with Crippen LogP contribution in [0.15, 0.2) is 0 Å². The standard InChI is InChI=1S/C17H33N/c1-12(2)7-16(11-18-10-13(3)4)17-9-14-5-6-15(17)8-14/h12-18H,5-11H2,1-4H3. The molecule has 0 aliphatic heterocycles. The van der Waals surface area contributed by atoms with Crippen LogP contribution in [0.4, 0.5) is 0 Å². The lowest BCUT2D eigenvalue weighted by molar-refractivity contribution is 0.193. The molecule has 1 N–H and O–H groups in total. The number of nitrogens with one attached hydrogen (secondary N) is 1. The first-order chi connectivity index (χ1) is 8.56. The second kappa shape index (κ2) is 6.41. The fourth-order valence-corrected chi connectivity index (χ4v) is 4.44. The van der Waals surface area contributed by atoms with Crippen molar-refractivity contribution in [2.24, 2.45) is 35.5 Å². The molecule has 106 valence electrons. The molecule has 0 aromatic rings. The highest BCUT2D eigenvalue weighted by Gasteiger charge is 2.42. The number of hydrogen-bond donors (Lipinski definition) is 1. The van der Waals surface area contributed by atoms with E-state index in [1.54, 1.807) is 12.8 Å². The molecule has 0 saturated heterocycles. The monoisotopic (exact) mass is 251 g/mol. The number of fused-ring (bicyclic) bond motifs is 2. The average molecular weight is 251 g/mol. The highest BCUT2D eigenvalue weighted by atomic mass is 14.9. The SMILES string of the molecule is CC(C)CNCC(CC(C)C)C1CC2CCC1C2. The topological polar surface area (TPSA) is 12.0 Å². The van der Waals surface area contributed by atoms with Gasteiger partial charge in [-0.1, -0.05) is 34.1 Å². The molecule has 2 aliphatic rings. The molecule has 2 saturated carbocycles. The van der Waals surface area contributed by atoms with Crippen LogP contribution >= 0.6 is 0 Å². The molecule has 2 rings (SSSR count). The molecule has 4 unspecified atom stereocenters. The number of hydrogen-bond acceptors (Lipinski definition) is 1. The van der Waals surface area contributed by atoms with Gasteiger partial charge >= 0.3 is 0 Å². The van der Waals surface area contributed by atoms with Crippen LogP contribution in [0.1, 0.15) is 59.8 Å². The smallest absolute Gasteiger partial charge is 0.00176 e. The Hall–Kier alpha value is -0.0400. The molecule has 18 heavy (non-hydrogen) atoms. The fraction of sp³-hybridized carbons (Fsp3) is 1.00. The Kier molecular flexibility index (Phi) is 5.12. The van der Waals surface area contributed by atoms with Gasteiger partial charge in [0.1, 0.15) is 0 Å². The Labute approximate surface area is 114 Å². The Bertz CT molecular complexity index is 246. The number of rotatable bonds is 7. The largest absolute Gasteiger partial charge is 0.316 e. The van der Waals surface area contributed by atoms with E-state index in [1.807, 2.05) is 0 Å². The zero-order chi connectivity index (χ0) is 13.1. The van der Waals surface area contributed by atoms with Gasteiger partial charge in [-0.25, -0.2) is 0 Å². The Balaban J connectivity index is 1.84. The van der Waals surface area contributed by atoms with Gasteiger partial charge in [0.2, 0.25) is 0 Å². The molecule has 0 aromatic carbocycles. The highest BCUT2D eigenvalue weighted by molar-refractivity contribution is 4.93. The summed E-state index contributed by atoms with van der Waals surface area (Å²) in [6, 6.07) is 0. The quantitative estimate of drug-likeness (QED) is 0.710. The zero-order valence-electron chi connectivity index (χ0n) is 12.9. The molecule has 2 aliphatic carbocycles. The van der Waals surface area contributed by atoms with E-state index in [0.29, 0.717) is 0 Å². The van der Waals surface area contributed by atoms with Crippen molar-refractivity contribution in [3.8, 4) is 0 Å². The van der Waals surface area contributed by atoms with Gasteiger partial charge in [-0.15, -0.1) is 0 Å². The van der Waals surface area contributed by atoms with Crippen molar-refractivity contribution in [2.75, 3.05) is 13.1 Å². The molecule has 0 heterocycles. The molecular formula is C17H33N. The third-order valence-corrected chi connectivity index (χ3v) is 5.13. The van der Waals surface area contributed by atoms with E-state index in [0.717, 1.165) is 35.5 Å². The van der Waals surface area contributed by atoms with Gasteiger partial charge in [0.25, 0.3) is 0 Å². The maximum atomic E-state index is 3.73. The lowest BCUT2D eigenvalue weighted by Gasteiger charge is -2.32. The van der Waals surface area contributed by atoms with Crippen LogP contribution < -0.4 is 5.32 Å². The van der Waals surface area contributed by atoms with Crippen LogP contribution in [-0.4, -0.2) is 13.1 Å². The zero-order valence-corrected chi connectivity index (χ0v) is 12.9. The van der Waals surface area contributed by atoms with E-state index in [-0.39, 0.29) is 0 Å². The van der Waals surface area contributed by atoms with Gasteiger partial charge in [0, 0.05) is 0 Å². The highest BCUT2D eigenvalue weighted by Crippen LogP contribution is 2.51. The average Bonchev–Trinajstić information content (AvgIpc) is 2.88. The van der Waals surface area contributed by atoms with Gasteiger partial charge < -0.3 is 5.32 Å². The van der Waals surface area contributed by atoms with Crippen LogP contribution in [0.3, 0.4) is 0 Å². The van der Waals surface area contributed by atoms with Gasteiger partial charge in [0.05, 0.1) is 0 Å². The lowest BCUT2D eigenvalue weighted by Crippen LogP contribution is -2.33. The maximum Gasteiger partial charge on any atom is -0.00176 e. The molecule has 0 aromatic heterocycles. The fourth-order valence-electron chi connectivity index (χ4n) is 4.44. The summed E-state index contributed by atoms with van der Waals surface area (Å²) in [4.78, 5) is 0. The Morgan fingerprint density at radius 3 is 2.22 bits per heavy atom. The predicted octanol–water partition coefficient (Wildman–Crippen LogP) is 4.33. The molecule has 0 amide bonds. The lowest BCUT2D eigenvalue weighted by atomic mass is 9.76. The minimum absolute atomic E-state index is 0.782. The summed E-state index contributed by atoms with van der Waals surface area (Å²) in [6.45, 7) is 11.9. The van der Waals surface area contributed by atoms with Crippen molar-refractivity contribution < 1.29 is 0 Å². The Morgan fingerprint density at radius 1 is 0.944 bits per heavy atom. The summed E-state index contributed by atoms with van der Waals surface area (Å²) in [5.74, 6) is 5.81. The summed E-state index contributed by atoms with van der Waals surface area (Å²) < 4.78 is 0. The maximum absolute atomic E-state index is 3.73. The van der Waals surface area contributed by atoms with Crippen LogP contribution in [-0.2, 0) is 0 Å². The summed E-state index contributed by atoms with van der Waals surface area (Å²) in [6.07, 6.45) is 7.61. The van der Waals surface area contributed by atoms with Crippen LogP contribution in [0.25, 0.3) is 0 Å². The van der Waals surface area contributed by atoms with Gasteiger partial charge in [0.15, 0.2) is 0 Å². The van der Waals surface area contributed by atoms with Gasteiger partial charge in [-0.05, 0) is 74.3 Å². The molecule has 4 atom stereocenters. The summed E-state index contributed by atoms with van der Waals surface area (Å²) >= 11 is 0. The van der Waals surface area contributed by atoms with E-state index in [1.165, 1.54) is 32.4 Å². The van der Waals surface area contributed by atoms with Crippen molar-refractivity contribution in [3.05, 3.63) is 0 Å². The van der Waals surface area contributed by atoms with Crippen molar-refractivity contribution in [3.63, 3.8) is 0 Å². The predicted molar refractivity (Wildman–Crippen MR) is 79.6 cm³/mol. The second-order valence-electron chi connectivity index (χ2n) is 7.78. The summed E-state index contributed by atoms with van der Waals surface area (Å²) in [7, 11) is 0. The van der Waals surface area contributed by atoms with E-state index in [9.17, 15) is 0 Å². The summed E-state index contributed by atoms with van der Waals surface area (Å²) in [5.41, 5.74) is 0. The third kappa shape index (κ3) is 3.73. The minimum atomic E-state index is 0.782. The van der Waals surface area contributed by atoms with Gasteiger partial charge in [-0.2, -0.15) is 0 Å². The first-order valence-electron chi connectivity index (χ1n) is 8.27. The van der Waals surface area contributed by atoms with Crippen molar-refractivity contribution in [2.45, 2.75) is 59.8 Å². The minimum Gasteiger partial charge on any atom is -0.316 e. The van der Waals surface area contributed by atoms with Crippen molar-refractivity contribution >= 4 is 0 Å². The first kappa shape index (κ1) is 14.4. The second-order valence-corrected chi connectivity index (χ2v) is 7.78. The normalized spacial score (nSPS) is 32.7.